The molecular formula is C13H11BrN2O3. The number of carbonyl (C=O) groups excluding carboxylic acids is 1. The van der Waals surface area contributed by atoms with Crippen molar-refractivity contribution >= 4 is 21.7 Å². The van der Waals surface area contributed by atoms with Gasteiger partial charge in [-0.2, -0.15) is 5.10 Å². The second-order valence-electron chi connectivity index (χ2n) is 4.12. The summed E-state index contributed by atoms with van der Waals surface area (Å²) >= 11 is 3.33. The molecule has 0 radical (unpaired) electrons. The highest BCUT2D eigenvalue weighted by Gasteiger charge is 2.24. The quantitative estimate of drug-likeness (QED) is 0.795. The number of benzene rings is 1. The summed E-state index contributed by atoms with van der Waals surface area (Å²) in [5.74, 6) is 0.969. The maximum Gasteiger partial charge on any atom is 0.216 e. The summed E-state index contributed by atoms with van der Waals surface area (Å²) in [6.45, 7) is 0.948. The van der Waals surface area contributed by atoms with Crippen LogP contribution >= 0.6 is 15.9 Å². The Morgan fingerprint density at radius 3 is 2.89 bits per heavy atom. The van der Waals surface area contributed by atoms with E-state index in [1.54, 1.807) is 31.4 Å². The number of fused-ring (bicyclic) bond motifs is 1. The van der Waals surface area contributed by atoms with Gasteiger partial charge in [0.2, 0.25) is 5.78 Å². The molecule has 0 saturated heterocycles. The molecule has 1 aliphatic rings. The Balaban J connectivity index is 2.10. The lowest BCUT2D eigenvalue weighted by Crippen LogP contribution is -2.19. The molecule has 6 heteroatoms. The number of para-hydroxylation sites is 1. The van der Waals surface area contributed by atoms with Gasteiger partial charge < -0.3 is 9.47 Å². The maximum absolute atomic E-state index is 12.6. The molecule has 5 nitrogen and oxygen atoms in total. The fourth-order valence-electron chi connectivity index (χ4n) is 2.05. The summed E-state index contributed by atoms with van der Waals surface area (Å²) in [6, 6.07) is 5.31. The molecule has 0 saturated carbocycles. The smallest absolute Gasteiger partial charge is 0.216 e. The summed E-state index contributed by atoms with van der Waals surface area (Å²) in [6.07, 6.45) is 1.60. The van der Waals surface area contributed by atoms with Gasteiger partial charge in [-0.1, -0.05) is 6.07 Å². The van der Waals surface area contributed by atoms with Crippen LogP contribution in [0.5, 0.6) is 11.5 Å². The Hall–Kier alpha value is -1.82. The van der Waals surface area contributed by atoms with Gasteiger partial charge >= 0.3 is 0 Å². The first-order chi connectivity index (χ1) is 9.18. The number of ketones is 1. The van der Waals surface area contributed by atoms with E-state index in [4.69, 9.17) is 9.47 Å². The van der Waals surface area contributed by atoms with Gasteiger partial charge in [-0.15, -0.1) is 0 Å². The van der Waals surface area contributed by atoms with Crippen molar-refractivity contribution in [1.82, 2.24) is 9.78 Å². The van der Waals surface area contributed by atoms with E-state index < -0.39 is 0 Å². The van der Waals surface area contributed by atoms with Crippen molar-refractivity contribution in [3.05, 3.63) is 40.1 Å². The first-order valence-corrected chi connectivity index (χ1v) is 6.58. The first-order valence-electron chi connectivity index (χ1n) is 5.79. The number of carbonyl (C=O) groups is 1. The molecule has 3 rings (SSSR count). The van der Waals surface area contributed by atoms with Crippen molar-refractivity contribution in [3.8, 4) is 11.5 Å². The van der Waals surface area contributed by atoms with Crippen LogP contribution in [0.15, 0.2) is 28.9 Å². The molecule has 0 spiro atoms. The van der Waals surface area contributed by atoms with Crippen LogP contribution in [-0.2, 0) is 7.05 Å². The number of hydrogen-bond acceptors (Lipinski definition) is 4. The van der Waals surface area contributed by atoms with Crippen LogP contribution in [0.4, 0.5) is 0 Å². The average Bonchev–Trinajstić information content (AvgIpc) is 2.77. The highest BCUT2D eigenvalue weighted by atomic mass is 79.9. The van der Waals surface area contributed by atoms with Crippen LogP contribution in [0.3, 0.4) is 0 Å². The standard InChI is InChI=1S/C13H11BrN2O3/c1-16-11(9(14)7-15-16)12(17)8-3-2-4-10-13(8)19-6-5-18-10/h2-4,7H,5-6H2,1H3. The zero-order valence-electron chi connectivity index (χ0n) is 10.2. The molecule has 1 aromatic heterocycles. The van der Waals surface area contributed by atoms with Crippen LogP contribution in [-0.4, -0.2) is 28.8 Å². The van der Waals surface area contributed by atoms with Crippen LogP contribution in [0.2, 0.25) is 0 Å². The largest absolute Gasteiger partial charge is 0.486 e. The molecule has 1 aliphatic heterocycles. The zero-order chi connectivity index (χ0) is 13.4. The van der Waals surface area contributed by atoms with Crippen LogP contribution < -0.4 is 9.47 Å². The lowest BCUT2D eigenvalue weighted by atomic mass is 10.1. The second-order valence-corrected chi connectivity index (χ2v) is 4.98. The van der Waals surface area contributed by atoms with Crippen molar-refractivity contribution in [2.75, 3.05) is 13.2 Å². The van der Waals surface area contributed by atoms with Gasteiger partial charge in [-0.05, 0) is 28.1 Å². The summed E-state index contributed by atoms with van der Waals surface area (Å²) in [5, 5.41) is 4.05. The molecule has 0 unspecified atom stereocenters. The summed E-state index contributed by atoms with van der Waals surface area (Å²) < 4.78 is 13.2. The van der Waals surface area contributed by atoms with Gasteiger partial charge in [-0.3, -0.25) is 9.48 Å². The van der Waals surface area contributed by atoms with Gasteiger partial charge in [0.15, 0.2) is 11.5 Å². The monoisotopic (exact) mass is 322 g/mol. The highest BCUT2D eigenvalue weighted by Crippen LogP contribution is 2.35. The van der Waals surface area contributed by atoms with Crippen molar-refractivity contribution < 1.29 is 14.3 Å². The van der Waals surface area contributed by atoms with E-state index in [-0.39, 0.29) is 5.78 Å². The summed E-state index contributed by atoms with van der Waals surface area (Å²) in [4.78, 5) is 12.6. The topological polar surface area (TPSA) is 53.4 Å². The minimum atomic E-state index is -0.144. The van der Waals surface area contributed by atoms with Gasteiger partial charge in [0, 0.05) is 7.05 Å². The third kappa shape index (κ3) is 2.02. The molecule has 0 aliphatic carbocycles. The zero-order valence-corrected chi connectivity index (χ0v) is 11.8. The molecular weight excluding hydrogens is 312 g/mol. The van der Waals surface area contributed by atoms with Crippen LogP contribution in [0.1, 0.15) is 16.1 Å². The molecule has 0 fully saturated rings. The second kappa shape index (κ2) is 4.70. The fourth-order valence-corrected chi connectivity index (χ4v) is 2.57. The Kier molecular flexibility index (Phi) is 3.02. The number of halogens is 1. The van der Waals surface area contributed by atoms with Gasteiger partial charge in [0.25, 0.3) is 0 Å². The molecule has 2 aromatic rings. The first kappa shape index (κ1) is 12.2. The van der Waals surface area contributed by atoms with E-state index in [2.05, 4.69) is 21.0 Å². The van der Waals surface area contributed by atoms with E-state index in [0.29, 0.717) is 40.4 Å². The van der Waals surface area contributed by atoms with Crippen LogP contribution in [0.25, 0.3) is 0 Å². The summed E-state index contributed by atoms with van der Waals surface area (Å²) in [5.41, 5.74) is 0.976. The molecule has 1 aromatic carbocycles. The van der Waals surface area contributed by atoms with E-state index in [1.165, 1.54) is 4.68 Å². The molecule has 0 bridgehead atoms. The lowest BCUT2D eigenvalue weighted by molar-refractivity contribution is 0.101. The predicted molar refractivity (Wildman–Crippen MR) is 71.8 cm³/mol. The van der Waals surface area contributed by atoms with Crippen LogP contribution in [0, 0.1) is 0 Å². The summed E-state index contributed by atoms with van der Waals surface area (Å²) in [7, 11) is 1.73. The number of aromatic nitrogens is 2. The number of nitrogens with zero attached hydrogens (tertiary/aromatic N) is 2. The predicted octanol–water partition coefficient (Wildman–Crippen LogP) is 2.18. The average molecular weight is 323 g/mol. The minimum Gasteiger partial charge on any atom is -0.486 e. The van der Waals surface area contributed by atoms with Crippen molar-refractivity contribution in [2.45, 2.75) is 0 Å². The SMILES string of the molecule is Cn1ncc(Br)c1C(=O)c1cccc2c1OCCO2. The third-order valence-corrected chi connectivity index (χ3v) is 3.50. The number of ether oxygens (including phenoxy) is 2. The Morgan fingerprint density at radius 2 is 2.16 bits per heavy atom. The normalized spacial score (nSPS) is 13.4. The van der Waals surface area contributed by atoms with E-state index >= 15 is 0 Å². The van der Waals surface area contributed by atoms with E-state index in [9.17, 15) is 4.79 Å². The Labute approximate surface area is 118 Å². The van der Waals surface area contributed by atoms with Crippen molar-refractivity contribution in [1.29, 1.82) is 0 Å². The van der Waals surface area contributed by atoms with Crippen molar-refractivity contribution in [2.24, 2.45) is 7.05 Å². The molecule has 2 heterocycles. The third-order valence-electron chi connectivity index (χ3n) is 2.92. The molecule has 98 valence electrons. The van der Waals surface area contributed by atoms with Crippen molar-refractivity contribution in [3.63, 3.8) is 0 Å². The lowest BCUT2D eigenvalue weighted by Gasteiger charge is -2.20. The number of hydrogen-bond donors (Lipinski definition) is 0. The molecule has 0 N–H and O–H groups in total. The molecule has 19 heavy (non-hydrogen) atoms. The number of rotatable bonds is 2. The Morgan fingerprint density at radius 1 is 1.37 bits per heavy atom. The molecule has 0 amide bonds. The van der Waals surface area contributed by atoms with Gasteiger partial charge in [-0.25, -0.2) is 0 Å². The maximum atomic E-state index is 12.6. The Bertz CT molecular complexity index is 632. The highest BCUT2D eigenvalue weighted by molar-refractivity contribution is 9.10. The van der Waals surface area contributed by atoms with Gasteiger partial charge in [0.1, 0.15) is 18.9 Å². The van der Waals surface area contributed by atoms with Gasteiger partial charge in [0.05, 0.1) is 16.2 Å². The minimum absolute atomic E-state index is 0.144. The number of aryl methyl sites for hydroxylation is 1. The van der Waals surface area contributed by atoms with E-state index in [1.807, 2.05) is 0 Å². The van der Waals surface area contributed by atoms with E-state index in [0.717, 1.165) is 0 Å². The fraction of sp³-hybridized carbons (Fsp3) is 0.231. The molecule has 0 atom stereocenters.